The van der Waals surface area contributed by atoms with Crippen molar-refractivity contribution in [2.45, 2.75) is 50.0 Å². The first-order chi connectivity index (χ1) is 12.7. The van der Waals surface area contributed by atoms with Crippen molar-refractivity contribution in [2.24, 2.45) is 5.92 Å². The zero-order valence-electron chi connectivity index (χ0n) is 15.7. The molecular formula is C19H26N2O5S. The summed E-state index contributed by atoms with van der Waals surface area (Å²) in [4.78, 5) is 26.2. The van der Waals surface area contributed by atoms with Crippen LogP contribution in [0.15, 0.2) is 29.2 Å². The molecule has 0 spiro atoms. The predicted octanol–water partition coefficient (Wildman–Crippen LogP) is 1.86. The molecule has 0 radical (unpaired) electrons. The van der Waals surface area contributed by atoms with Gasteiger partial charge in [-0.15, -0.1) is 0 Å². The molecule has 2 fully saturated rings. The third kappa shape index (κ3) is 3.60. The maximum Gasteiger partial charge on any atom is 0.329 e. The van der Waals surface area contributed by atoms with Gasteiger partial charge in [-0.05, 0) is 51.7 Å². The molecule has 0 aromatic heterocycles. The molecule has 8 heteroatoms. The minimum absolute atomic E-state index is 0.162. The molecule has 27 heavy (non-hydrogen) atoms. The average Bonchev–Trinajstić information content (AvgIpc) is 3.05. The highest BCUT2D eigenvalue weighted by atomic mass is 32.2. The second kappa shape index (κ2) is 7.24. The number of carboxylic acid groups (broad SMARTS) is 1. The summed E-state index contributed by atoms with van der Waals surface area (Å²) in [6, 6.07) is 6.74. The van der Waals surface area contributed by atoms with E-state index in [1.54, 1.807) is 31.2 Å². The van der Waals surface area contributed by atoms with Crippen LogP contribution in [-0.4, -0.2) is 59.8 Å². The lowest BCUT2D eigenvalue weighted by atomic mass is 9.93. The van der Waals surface area contributed by atoms with E-state index in [0.717, 1.165) is 5.56 Å². The summed E-state index contributed by atoms with van der Waals surface area (Å²) in [6.07, 6.45) is 1.95. The Balaban J connectivity index is 1.67. The van der Waals surface area contributed by atoms with Crippen molar-refractivity contribution in [2.75, 3.05) is 19.6 Å². The summed E-state index contributed by atoms with van der Waals surface area (Å²) >= 11 is 0. The molecule has 0 aliphatic carbocycles. The highest BCUT2D eigenvalue weighted by Gasteiger charge is 2.47. The summed E-state index contributed by atoms with van der Waals surface area (Å²) in [7, 11) is -3.57. The van der Waals surface area contributed by atoms with E-state index in [4.69, 9.17) is 0 Å². The van der Waals surface area contributed by atoms with Gasteiger partial charge in [-0.2, -0.15) is 4.31 Å². The van der Waals surface area contributed by atoms with Gasteiger partial charge in [-0.3, -0.25) is 4.79 Å². The molecule has 148 valence electrons. The van der Waals surface area contributed by atoms with Gasteiger partial charge in [0.25, 0.3) is 0 Å². The lowest BCUT2D eigenvalue weighted by Gasteiger charge is -2.37. The van der Waals surface area contributed by atoms with E-state index >= 15 is 0 Å². The SMILES string of the molecule is Cc1ccc(S(=O)(=O)N2CCC(C(=O)N3CCCC3(C)C(=O)O)CC2)cc1. The lowest BCUT2D eigenvalue weighted by Crippen LogP contribution is -2.54. The van der Waals surface area contributed by atoms with Crippen LogP contribution >= 0.6 is 0 Å². The number of aryl methyl sites for hydroxylation is 1. The van der Waals surface area contributed by atoms with Crippen LogP contribution in [-0.2, 0) is 19.6 Å². The Labute approximate surface area is 160 Å². The number of hydrogen-bond donors (Lipinski definition) is 1. The minimum atomic E-state index is -3.57. The van der Waals surface area contributed by atoms with Crippen molar-refractivity contribution in [1.29, 1.82) is 0 Å². The third-order valence-electron chi connectivity index (χ3n) is 5.83. The van der Waals surface area contributed by atoms with Crippen molar-refractivity contribution in [3.8, 4) is 0 Å². The molecule has 7 nitrogen and oxygen atoms in total. The number of benzene rings is 1. The standard InChI is InChI=1S/C19H26N2O5S/c1-14-4-6-16(7-5-14)27(25,26)20-12-8-15(9-13-20)17(22)21-11-3-10-19(21,2)18(23)24/h4-7,15H,3,8-13H2,1-2H3,(H,23,24). The van der Waals surface area contributed by atoms with E-state index in [1.165, 1.54) is 9.21 Å². The number of hydrogen-bond acceptors (Lipinski definition) is 4. The maximum absolute atomic E-state index is 12.9. The van der Waals surface area contributed by atoms with Crippen molar-refractivity contribution < 1.29 is 23.1 Å². The smallest absolute Gasteiger partial charge is 0.329 e. The van der Waals surface area contributed by atoms with Gasteiger partial charge in [-0.25, -0.2) is 13.2 Å². The number of piperidine rings is 1. The third-order valence-corrected chi connectivity index (χ3v) is 7.74. The van der Waals surface area contributed by atoms with E-state index in [0.29, 0.717) is 32.2 Å². The van der Waals surface area contributed by atoms with Crippen LogP contribution < -0.4 is 0 Å². The van der Waals surface area contributed by atoms with E-state index in [9.17, 15) is 23.1 Å². The molecule has 1 amide bonds. The number of carbonyl (C=O) groups excluding carboxylic acids is 1. The van der Waals surface area contributed by atoms with Crippen LogP contribution in [0.25, 0.3) is 0 Å². The molecule has 3 rings (SSSR count). The van der Waals surface area contributed by atoms with Gasteiger partial charge in [0.15, 0.2) is 0 Å². The highest BCUT2D eigenvalue weighted by Crippen LogP contribution is 2.33. The Morgan fingerprint density at radius 1 is 1.11 bits per heavy atom. The van der Waals surface area contributed by atoms with Crippen molar-refractivity contribution in [1.82, 2.24) is 9.21 Å². The molecule has 1 aromatic rings. The summed E-state index contributed by atoms with van der Waals surface area (Å²) in [5.41, 5.74) is -0.160. The van der Waals surface area contributed by atoms with Gasteiger partial charge in [0.2, 0.25) is 15.9 Å². The fourth-order valence-electron chi connectivity index (χ4n) is 3.96. The lowest BCUT2D eigenvalue weighted by molar-refractivity contribution is -0.157. The zero-order chi connectivity index (χ0) is 19.8. The first-order valence-electron chi connectivity index (χ1n) is 9.28. The van der Waals surface area contributed by atoms with Crippen molar-refractivity contribution in [3.05, 3.63) is 29.8 Å². The minimum Gasteiger partial charge on any atom is -0.480 e. The Hall–Kier alpha value is -1.93. The number of likely N-dealkylation sites (tertiary alicyclic amines) is 1. The van der Waals surface area contributed by atoms with Crippen molar-refractivity contribution in [3.63, 3.8) is 0 Å². The first-order valence-corrected chi connectivity index (χ1v) is 10.7. The molecule has 1 aromatic carbocycles. The van der Waals surface area contributed by atoms with Crippen LogP contribution in [0.5, 0.6) is 0 Å². The molecule has 2 aliphatic heterocycles. The number of sulfonamides is 1. The second-order valence-corrected chi connectivity index (χ2v) is 9.60. The van der Waals surface area contributed by atoms with Gasteiger partial charge in [-0.1, -0.05) is 17.7 Å². The summed E-state index contributed by atoms with van der Waals surface area (Å²) in [5.74, 6) is -1.47. The van der Waals surface area contributed by atoms with Gasteiger partial charge in [0.05, 0.1) is 4.90 Å². The Morgan fingerprint density at radius 2 is 1.70 bits per heavy atom. The summed E-state index contributed by atoms with van der Waals surface area (Å²) in [6.45, 7) is 4.48. The second-order valence-electron chi connectivity index (χ2n) is 7.66. The number of rotatable bonds is 4. The Morgan fingerprint density at radius 3 is 2.26 bits per heavy atom. The van der Waals surface area contributed by atoms with Gasteiger partial charge in [0.1, 0.15) is 5.54 Å². The normalized spacial score (nSPS) is 24.9. The molecule has 1 N–H and O–H groups in total. The monoisotopic (exact) mass is 394 g/mol. The molecular weight excluding hydrogens is 368 g/mol. The first kappa shape index (κ1) is 19.8. The van der Waals surface area contributed by atoms with E-state index in [1.807, 2.05) is 6.92 Å². The summed E-state index contributed by atoms with van der Waals surface area (Å²) in [5, 5.41) is 9.50. The molecule has 1 atom stereocenters. The van der Waals surface area contributed by atoms with Crippen LogP contribution in [0.3, 0.4) is 0 Å². The van der Waals surface area contributed by atoms with Crippen LogP contribution in [0.1, 0.15) is 38.2 Å². The molecule has 2 aliphatic rings. The van der Waals surface area contributed by atoms with Crippen molar-refractivity contribution >= 4 is 21.9 Å². The summed E-state index contributed by atoms with van der Waals surface area (Å²) < 4.78 is 27.0. The number of aliphatic carboxylic acids is 1. The predicted molar refractivity (Wildman–Crippen MR) is 99.6 cm³/mol. The molecule has 2 heterocycles. The van der Waals surface area contributed by atoms with Gasteiger partial charge >= 0.3 is 5.97 Å². The molecule has 1 unspecified atom stereocenters. The zero-order valence-corrected chi connectivity index (χ0v) is 16.5. The largest absolute Gasteiger partial charge is 0.480 e. The molecule has 0 saturated carbocycles. The van der Waals surface area contributed by atoms with Crippen LogP contribution in [0.4, 0.5) is 0 Å². The fourth-order valence-corrected chi connectivity index (χ4v) is 5.43. The van der Waals surface area contributed by atoms with E-state index in [-0.39, 0.29) is 29.8 Å². The fraction of sp³-hybridized carbons (Fsp3) is 0.579. The number of nitrogens with zero attached hydrogens (tertiary/aromatic N) is 2. The van der Waals surface area contributed by atoms with Crippen LogP contribution in [0.2, 0.25) is 0 Å². The number of carbonyl (C=O) groups is 2. The quantitative estimate of drug-likeness (QED) is 0.841. The topological polar surface area (TPSA) is 95.0 Å². The Kier molecular flexibility index (Phi) is 5.31. The number of carboxylic acids is 1. The molecule has 0 bridgehead atoms. The number of amides is 1. The highest BCUT2D eigenvalue weighted by molar-refractivity contribution is 7.89. The van der Waals surface area contributed by atoms with Gasteiger partial charge in [0, 0.05) is 25.6 Å². The van der Waals surface area contributed by atoms with Gasteiger partial charge < -0.3 is 10.0 Å². The Bertz CT molecular complexity index is 828. The molecule has 2 saturated heterocycles. The van der Waals surface area contributed by atoms with Crippen LogP contribution in [0, 0.1) is 12.8 Å². The average molecular weight is 394 g/mol. The van der Waals surface area contributed by atoms with E-state index in [2.05, 4.69) is 0 Å². The van der Waals surface area contributed by atoms with E-state index < -0.39 is 21.5 Å². The maximum atomic E-state index is 12.9.